The fraction of sp³-hybridized carbons (Fsp3) is 0.667. The molecule has 2 fully saturated rings. The van der Waals surface area contributed by atoms with Crippen LogP contribution in [-0.4, -0.2) is 37.3 Å². The van der Waals surface area contributed by atoms with Crippen molar-refractivity contribution in [1.82, 2.24) is 0 Å². The molecule has 1 aromatic carbocycles. The molecule has 6 nitrogen and oxygen atoms in total. The molecule has 0 radical (unpaired) electrons. The predicted molar refractivity (Wildman–Crippen MR) is 94.5 cm³/mol. The molecule has 1 saturated carbocycles. The highest BCUT2D eigenvalue weighted by atomic mass is 16.6. The van der Waals surface area contributed by atoms with Crippen LogP contribution in [0.3, 0.4) is 0 Å². The number of methoxy groups -OCH3 is 1. The summed E-state index contributed by atoms with van der Waals surface area (Å²) in [5.74, 6) is 0. The molecule has 1 aromatic rings. The van der Waals surface area contributed by atoms with E-state index >= 15 is 0 Å². The molecule has 0 bridgehead atoms. The molecule has 0 amide bonds. The summed E-state index contributed by atoms with van der Waals surface area (Å²) in [7, 11) is 1.74. The molecular weight excluding hydrogens is 308 g/mol. The maximum Gasteiger partial charge on any atom is 0.271 e. The number of ether oxygens (including phenoxy) is 2. The normalized spacial score (nSPS) is 18.8. The molecule has 0 unspecified atom stereocenters. The van der Waals surface area contributed by atoms with E-state index in [1.54, 1.807) is 19.2 Å². The number of hydrogen-bond donors (Lipinski definition) is 0. The van der Waals surface area contributed by atoms with E-state index in [0.717, 1.165) is 50.0 Å². The molecule has 1 heterocycles. The van der Waals surface area contributed by atoms with Gasteiger partial charge in [0.1, 0.15) is 0 Å². The van der Waals surface area contributed by atoms with Gasteiger partial charge >= 0.3 is 0 Å². The highest BCUT2D eigenvalue weighted by Crippen LogP contribution is 2.29. The Balaban J connectivity index is 0.00000208. The van der Waals surface area contributed by atoms with E-state index in [1.807, 2.05) is 6.07 Å². The second-order valence-electron chi connectivity index (χ2n) is 6.40. The summed E-state index contributed by atoms with van der Waals surface area (Å²) < 4.78 is 11.2. The SMILES string of the molecule is C.COC1CCN(c2cc(COC3CCC3)cc([N+](=O)[O-])c2)CC1. The van der Waals surface area contributed by atoms with Gasteiger partial charge < -0.3 is 14.4 Å². The van der Waals surface area contributed by atoms with Crippen LogP contribution in [-0.2, 0) is 16.1 Å². The number of benzene rings is 1. The first-order chi connectivity index (χ1) is 11.2. The molecule has 1 saturated heterocycles. The third-order valence-electron chi connectivity index (χ3n) is 4.85. The number of nitro benzene ring substituents is 1. The van der Waals surface area contributed by atoms with Crippen LogP contribution < -0.4 is 4.90 Å². The van der Waals surface area contributed by atoms with Gasteiger partial charge in [0.15, 0.2) is 0 Å². The second-order valence-corrected chi connectivity index (χ2v) is 6.40. The van der Waals surface area contributed by atoms with Crippen molar-refractivity contribution in [1.29, 1.82) is 0 Å². The number of nitro groups is 1. The minimum Gasteiger partial charge on any atom is -0.381 e. The smallest absolute Gasteiger partial charge is 0.271 e. The third kappa shape index (κ3) is 4.45. The average Bonchev–Trinajstić information content (AvgIpc) is 2.53. The summed E-state index contributed by atoms with van der Waals surface area (Å²) in [5, 5.41) is 11.2. The molecule has 3 rings (SSSR count). The van der Waals surface area contributed by atoms with Gasteiger partial charge in [0.05, 0.1) is 23.7 Å². The van der Waals surface area contributed by atoms with Gasteiger partial charge in [-0.3, -0.25) is 10.1 Å². The van der Waals surface area contributed by atoms with Crippen LogP contribution in [0.1, 0.15) is 45.1 Å². The van der Waals surface area contributed by atoms with Crippen LogP contribution in [0.25, 0.3) is 0 Å². The molecule has 0 spiro atoms. The van der Waals surface area contributed by atoms with Gasteiger partial charge in [-0.2, -0.15) is 0 Å². The van der Waals surface area contributed by atoms with E-state index in [0.29, 0.717) is 18.8 Å². The van der Waals surface area contributed by atoms with Crippen molar-refractivity contribution < 1.29 is 14.4 Å². The summed E-state index contributed by atoms with van der Waals surface area (Å²) in [6.45, 7) is 2.18. The van der Waals surface area contributed by atoms with Crippen LogP contribution >= 0.6 is 0 Å². The van der Waals surface area contributed by atoms with Crippen LogP contribution in [0.2, 0.25) is 0 Å². The molecule has 0 atom stereocenters. The van der Waals surface area contributed by atoms with Crippen molar-refractivity contribution in [2.24, 2.45) is 0 Å². The minimum atomic E-state index is -0.321. The van der Waals surface area contributed by atoms with Crippen molar-refractivity contribution in [2.75, 3.05) is 25.1 Å². The van der Waals surface area contributed by atoms with Crippen LogP contribution in [0.4, 0.5) is 11.4 Å². The van der Waals surface area contributed by atoms with Gasteiger partial charge in [-0.1, -0.05) is 7.43 Å². The summed E-state index contributed by atoms with van der Waals surface area (Å²) in [6, 6.07) is 5.32. The van der Waals surface area contributed by atoms with E-state index < -0.39 is 0 Å². The lowest BCUT2D eigenvalue weighted by Crippen LogP contribution is -2.36. The molecule has 134 valence electrons. The first-order valence-corrected chi connectivity index (χ1v) is 8.33. The summed E-state index contributed by atoms with van der Waals surface area (Å²) >= 11 is 0. The first kappa shape index (κ1) is 18.7. The zero-order valence-electron chi connectivity index (χ0n) is 13.6. The lowest BCUT2D eigenvalue weighted by Gasteiger charge is -2.33. The van der Waals surface area contributed by atoms with E-state index in [2.05, 4.69) is 4.90 Å². The predicted octanol–water partition coefficient (Wildman–Crippen LogP) is 3.92. The van der Waals surface area contributed by atoms with Gasteiger partial charge in [0.2, 0.25) is 0 Å². The number of piperidine rings is 1. The fourth-order valence-corrected chi connectivity index (χ4v) is 3.13. The number of non-ortho nitro benzene ring substituents is 1. The Morgan fingerprint density at radius 3 is 2.42 bits per heavy atom. The lowest BCUT2D eigenvalue weighted by atomic mass is 9.96. The Kier molecular flexibility index (Phi) is 6.57. The number of nitrogens with zero attached hydrogens (tertiary/aromatic N) is 2. The lowest BCUT2D eigenvalue weighted by molar-refractivity contribution is -0.384. The monoisotopic (exact) mass is 336 g/mol. The topological polar surface area (TPSA) is 64.8 Å². The summed E-state index contributed by atoms with van der Waals surface area (Å²) in [4.78, 5) is 13.1. The molecular formula is C18H28N2O4. The molecule has 2 aliphatic rings. The third-order valence-corrected chi connectivity index (χ3v) is 4.85. The average molecular weight is 336 g/mol. The fourth-order valence-electron chi connectivity index (χ4n) is 3.13. The van der Waals surface area contributed by atoms with Crippen molar-refractivity contribution >= 4 is 11.4 Å². The molecule has 24 heavy (non-hydrogen) atoms. The molecule has 1 aliphatic heterocycles. The molecule has 0 aromatic heterocycles. The number of hydrogen-bond acceptors (Lipinski definition) is 5. The Bertz CT molecular complexity index is 552. The second kappa shape index (κ2) is 8.44. The Morgan fingerprint density at radius 1 is 1.17 bits per heavy atom. The molecule has 6 heteroatoms. The molecule has 1 aliphatic carbocycles. The van der Waals surface area contributed by atoms with E-state index in [-0.39, 0.29) is 18.0 Å². The van der Waals surface area contributed by atoms with Crippen molar-refractivity contribution in [3.8, 4) is 0 Å². The Labute approximate surface area is 143 Å². The van der Waals surface area contributed by atoms with Crippen LogP contribution in [0, 0.1) is 10.1 Å². The maximum absolute atomic E-state index is 11.2. The standard InChI is InChI=1S/C17H24N2O4.CH4/c1-22-16-5-7-18(8-6-16)14-9-13(10-15(11-14)19(20)21)12-23-17-3-2-4-17;/h9-11,16-17H,2-8,12H2,1H3;1H4. The van der Waals surface area contributed by atoms with E-state index in [1.165, 1.54) is 6.42 Å². The summed E-state index contributed by atoms with van der Waals surface area (Å²) in [5.41, 5.74) is 1.94. The van der Waals surface area contributed by atoms with E-state index in [9.17, 15) is 10.1 Å². The van der Waals surface area contributed by atoms with Gasteiger partial charge in [0, 0.05) is 38.0 Å². The maximum atomic E-state index is 11.2. The number of rotatable bonds is 6. The molecule has 0 N–H and O–H groups in total. The minimum absolute atomic E-state index is 0. The van der Waals surface area contributed by atoms with Gasteiger partial charge in [0.25, 0.3) is 5.69 Å². The Hall–Kier alpha value is -1.66. The van der Waals surface area contributed by atoms with Gasteiger partial charge in [-0.05, 0) is 43.7 Å². The van der Waals surface area contributed by atoms with Crippen molar-refractivity contribution in [3.63, 3.8) is 0 Å². The van der Waals surface area contributed by atoms with Gasteiger partial charge in [-0.25, -0.2) is 0 Å². The Morgan fingerprint density at radius 2 is 1.88 bits per heavy atom. The van der Waals surface area contributed by atoms with Crippen molar-refractivity contribution in [3.05, 3.63) is 33.9 Å². The largest absolute Gasteiger partial charge is 0.381 e. The summed E-state index contributed by atoms with van der Waals surface area (Å²) in [6.07, 6.45) is 5.96. The zero-order valence-corrected chi connectivity index (χ0v) is 13.6. The van der Waals surface area contributed by atoms with Crippen LogP contribution in [0.5, 0.6) is 0 Å². The highest BCUT2D eigenvalue weighted by Gasteiger charge is 2.22. The first-order valence-electron chi connectivity index (χ1n) is 8.33. The highest BCUT2D eigenvalue weighted by molar-refractivity contribution is 5.56. The van der Waals surface area contributed by atoms with E-state index in [4.69, 9.17) is 9.47 Å². The van der Waals surface area contributed by atoms with Crippen molar-refractivity contribution in [2.45, 2.75) is 58.3 Å². The van der Waals surface area contributed by atoms with Crippen LogP contribution in [0.15, 0.2) is 18.2 Å². The zero-order chi connectivity index (χ0) is 16.2. The number of anilines is 1. The van der Waals surface area contributed by atoms with Gasteiger partial charge in [-0.15, -0.1) is 0 Å². The quantitative estimate of drug-likeness (QED) is 0.582.